The van der Waals surface area contributed by atoms with E-state index in [1.54, 1.807) is 6.07 Å². The summed E-state index contributed by atoms with van der Waals surface area (Å²) in [5.41, 5.74) is 0.824. The van der Waals surface area contributed by atoms with E-state index in [1.165, 1.54) is 22.7 Å². The molecule has 1 saturated carbocycles. The van der Waals surface area contributed by atoms with E-state index < -0.39 is 12.0 Å². The van der Waals surface area contributed by atoms with Crippen molar-refractivity contribution in [2.45, 2.75) is 50.6 Å². The first-order chi connectivity index (χ1) is 16.1. The van der Waals surface area contributed by atoms with E-state index >= 15 is 0 Å². The Kier molecular flexibility index (Phi) is 5.42. The number of aromatic nitrogens is 4. The maximum absolute atomic E-state index is 12.7. The van der Waals surface area contributed by atoms with Crippen LogP contribution in [0.5, 0.6) is 11.5 Å². The average molecular weight is 478 g/mol. The monoisotopic (exact) mass is 478 g/mol. The van der Waals surface area contributed by atoms with Gasteiger partial charge in [0.2, 0.25) is 5.65 Å². The highest BCUT2D eigenvalue weighted by molar-refractivity contribution is 5.82. The number of hydrogen-bond acceptors (Lipinski definition) is 8. The molecule has 2 aliphatic rings. The molecule has 3 aromatic rings. The Hall–Kier alpha value is -3.28. The molecule has 0 atom stereocenters. The molecule has 1 aromatic carbocycles. The number of ether oxygens (including phenoxy) is 2. The van der Waals surface area contributed by atoms with Crippen LogP contribution in [0, 0.1) is 0 Å². The minimum Gasteiger partial charge on any atom is -0.486 e. The average Bonchev–Trinajstić information content (AvgIpc) is 3.18. The molecule has 9 nitrogen and oxygen atoms in total. The molecule has 2 N–H and O–H groups in total. The number of rotatable bonds is 4. The maximum atomic E-state index is 12.7. The minimum absolute atomic E-state index is 0.105. The van der Waals surface area contributed by atoms with Crippen LogP contribution in [0.4, 0.5) is 24.7 Å². The van der Waals surface area contributed by atoms with Crippen molar-refractivity contribution >= 4 is 17.2 Å². The molecule has 1 fully saturated rings. The smallest absolute Gasteiger partial charge is 0.486 e. The Balaban J connectivity index is 1.56. The first-order valence-electron chi connectivity index (χ1n) is 11.1. The lowest BCUT2D eigenvalue weighted by molar-refractivity contribution is -0.274. The molecule has 34 heavy (non-hydrogen) atoms. The molecule has 0 unspecified atom stereocenters. The second-order valence-corrected chi connectivity index (χ2v) is 9.05. The molecule has 12 heteroatoms. The van der Waals surface area contributed by atoms with Crippen molar-refractivity contribution < 1.29 is 27.8 Å². The van der Waals surface area contributed by atoms with Crippen LogP contribution in [-0.2, 0) is 0 Å². The summed E-state index contributed by atoms with van der Waals surface area (Å²) in [4.78, 5) is 2.03. The summed E-state index contributed by atoms with van der Waals surface area (Å²) in [5, 5.41) is 26.9. The van der Waals surface area contributed by atoms with Gasteiger partial charge in [0.1, 0.15) is 18.0 Å². The predicted molar refractivity (Wildman–Crippen MR) is 118 cm³/mol. The largest absolute Gasteiger partial charge is 0.573 e. The van der Waals surface area contributed by atoms with Gasteiger partial charge in [0.15, 0.2) is 17.4 Å². The summed E-state index contributed by atoms with van der Waals surface area (Å²) in [5.74, 6) is 0.982. The molecule has 182 valence electrons. The van der Waals surface area contributed by atoms with Gasteiger partial charge in [-0.1, -0.05) is 12.1 Å². The number of nitrogens with zero attached hydrogens (tertiary/aromatic N) is 5. The van der Waals surface area contributed by atoms with Crippen molar-refractivity contribution in [2.75, 3.05) is 30.4 Å². The van der Waals surface area contributed by atoms with Gasteiger partial charge in [-0.2, -0.15) is 4.52 Å². The first kappa shape index (κ1) is 22.5. The zero-order valence-electron chi connectivity index (χ0n) is 18.8. The van der Waals surface area contributed by atoms with Gasteiger partial charge in [-0.25, -0.2) is 0 Å². The van der Waals surface area contributed by atoms with Gasteiger partial charge in [-0.15, -0.1) is 28.5 Å². The third-order valence-electron chi connectivity index (χ3n) is 6.27. The van der Waals surface area contributed by atoms with Crippen LogP contribution in [0.2, 0.25) is 0 Å². The van der Waals surface area contributed by atoms with Crippen LogP contribution in [0.15, 0.2) is 24.3 Å². The molecule has 0 radical (unpaired) electrons. The topological polar surface area (TPSA) is 97.0 Å². The number of hydrogen-bond donors (Lipinski definition) is 2. The molecule has 0 bridgehead atoms. The zero-order chi connectivity index (χ0) is 24.1. The van der Waals surface area contributed by atoms with Crippen LogP contribution in [0.3, 0.4) is 0 Å². The Bertz CT molecular complexity index is 1200. The van der Waals surface area contributed by atoms with Crippen molar-refractivity contribution in [1.29, 1.82) is 0 Å². The Labute approximate surface area is 193 Å². The van der Waals surface area contributed by atoms with E-state index in [9.17, 15) is 18.3 Å². The SMILES string of the molecule is CN1CCOc2c1c(N[C@H]1CC[C@@](C)(O)CC1)nn1c(-c3cccc(OC(F)(F)F)c3)nnc21. The summed E-state index contributed by atoms with van der Waals surface area (Å²) < 4.78 is 49.6. The van der Waals surface area contributed by atoms with Gasteiger partial charge in [0.25, 0.3) is 0 Å². The number of aliphatic hydroxyl groups is 1. The van der Waals surface area contributed by atoms with Crippen LogP contribution in [-0.4, -0.2) is 63.1 Å². The fourth-order valence-electron chi connectivity index (χ4n) is 4.45. The second-order valence-electron chi connectivity index (χ2n) is 9.05. The number of likely N-dealkylation sites (N-methyl/N-ethyl adjacent to an activating group) is 1. The Morgan fingerprint density at radius 3 is 2.74 bits per heavy atom. The minimum atomic E-state index is -4.80. The van der Waals surface area contributed by atoms with Gasteiger partial charge < -0.3 is 24.8 Å². The van der Waals surface area contributed by atoms with Crippen molar-refractivity contribution in [3.05, 3.63) is 24.3 Å². The number of halogens is 3. The highest BCUT2D eigenvalue weighted by Gasteiger charge is 2.33. The third-order valence-corrected chi connectivity index (χ3v) is 6.27. The lowest BCUT2D eigenvalue weighted by Gasteiger charge is -2.35. The van der Waals surface area contributed by atoms with E-state index in [0.717, 1.165) is 18.5 Å². The molecular formula is C22H25F3N6O3. The molecular weight excluding hydrogens is 453 g/mol. The van der Waals surface area contributed by atoms with Gasteiger partial charge in [0.05, 0.1) is 12.1 Å². The van der Waals surface area contributed by atoms with E-state index in [4.69, 9.17) is 9.84 Å². The molecule has 1 aliphatic carbocycles. The number of alkyl halides is 3. The first-order valence-corrected chi connectivity index (χ1v) is 11.1. The normalized spacial score (nSPS) is 22.9. The van der Waals surface area contributed by atoms with E-state index in [0.29, 0.717) is 48.8 Å². The number of fused-ring (bicyclic) bond motifs is 3. The van der Waals surface area contributed by atoms with Crippen molar-refractivity contribution in [3.63, 3.8) is 0 Å². The molecule has 2 aromatic heterocycles. The highest BCUT2D eigenvalue weighted by Crippen LogP contribution is 2.41. The van der Waals surface area contributed by atoms with Gasteiger partial charge >= 0.3 is 6.36 Å². The van der Waals surface area contributed by atoms with E-state index in [1.807, 2.05) is 18.9 Å². The molecule has 3 heterocycles. The van der Waals surface area contributed by atoms with Gasteiger partial charge in [-0.3, -0.25) is 0 Å². The summed E-state index contributed by atoms with van der Waals surface area (Å²) >= 11 is 0. The van der Waals surface area contributed by atoms with Crippen LogP contribution < -0.4 is 19.7 Å². The van der Waals surface area contributed by atoms with E-state index in [-0.39, 0.29) is 17.6 Å². The van der Waals surface area contributed by atoms with Gasteiger partial charge in [-0.05, 0) is 44.7 Å². The number of benzene rings is 1. The summed E-state index contributed by atoms with van der Waals surface area (Å²) in [6, 6.07) is 5.64. The summed E-state index contributed by atoms with van der Waals surface area (Å²) in [6.45, 7) is 2.96. The fourth-order valence-corrected chi connectivity index (χ4v) is 4.45. The van der Waals surface area contributed by atoms with Crippen molar-refractivity contribution in [3.8, 4) is 22.9 Å². The predicted octanol–water partition coefficient (Wildman–Crippen LogP) is 3.62. The summed E-state index contributed by atoms with van der Waals surface area (Å²) in [6.07, 6.45) is -1.91. The van der Waals surface area contributed by atoms with Crippen molar-refractivity contribution in [2.24, 2.45) is 0 Å². The standard InChI is InChI=1S/C22H25F3N6O3/c1-21(32)8-6-14(7-9-21)26-18-16-17(33-11-10-30(16)2)20-28-27-19(31(20)29-18)13-4-3-5-15(12-13)34-22(23,24)25/h3-5,12,14,32H,6-11H2,1-2H3,(H,26,29)/t14-,21+. The molecule has 0 saturated heterocycles. The highest BCUT2D eigenvalue weighted by atomic mass is 19.4. The van der Waals surface area contributed by atoms with Crippen LogP contribution in [0.25, 0.3) is 17.0 Å². The molecule has 0 spiro atoms. The lowest BCUT2D eigenvalue weighted by Crippen LogP contribution is -2.37. The van der Waals surface area contributed by atoms with Gasteiger partial charge in [0, 0.05) is 18.7 Å². The van der Waals surface area contributed by atoms with Crippen LogP contribution in [0.1, 0.15) is 32.6 Å². The molecule has 0 amide bonds. The lowest BCUT2D eigenvalue weighted by atomic mass is 9.83. The van der Waals surface area contributed by atoms with Crippen LogP contribution >= 0.6 is 0 Å². The molecule has 1 aliphatic heterocycles. The second kappa shape index (κ2) is 8.19. The summed E-state index contributed by atoms with van der Waals surface area (Å²) in [7, 11) is 1.94. The number of nitrogens with one attached hydrogen (secondary N) is 1. The van der Waals surface area contributed by atoms with E-state index in [2.05, 4.69) is 20.3 Å². The fraction of sp³-hybridized carbons (Fsp3) is 0.500. The quantitative estimate of drug-likeness (QED) is 0.587. The van der Waals surface area contributed by atoms with Crippen molar-refractivity contribution in [1.82, 2.24) is 19.8 Å². The maximum Gasteiger partial charge on any atom is 0.573 e. The number of anilines is 2. The zero-order valence-corrected chi connectivity index (χ0v) is 18.8. The molecule has 5 rings (SSSR count). The Morgan fingerprint density at radius 2 is 2.00 bits per heavy atom. The third kappa shape index (κ3) is 4.41. The Morgan fingerprint density at radius 1 is 1.24 bits per heavy atom.